The lowest BCUT2D eigenvalue weighted by Crippen LogP contribution is -2.55. The van der Waals surface area contributed by atoms with Crippen LogP contribution in [0.3, 0.4) is 0 Å². The Kier molecular flexibility index (Phi) is 8.28. The molecule has 0 radical (unpaired) electrons. The summed E-state index contributed by atoms with van der Waals surface area (Å²) in [6.07, 6.45) is 6.01. The normalized spacial score (nSPS) is 24.5. The highest BCUT2D eigenvalue weighted by molar-refractivity contribution is 6.36. The van der Waals surface area contributed by atoms with Crippen molar-refractivity contribution in [2.75, 3.05) is 62.7 Å². The summed E-state index contributed by atoms with van der Waals surface area (Å²) in [6, 6.07) is 13.0. The Labute approximate surface area is 276 Å². The molecule has 2 aromatic carbocycles. The number of carbonyl (C=O) groups excluding carboxylic acids is 1. The van der Waals surface area contributed by atoms with E-state index in [-0.39, 0.29) is 23.8 Å². The van der Waals surface area contributed by atoms with Crippen molar-refractivity contribution >= 4 is 39.8 Å². The van der Waals surface area contributed by atoms with Crippen LogP contribution in [0.25, 0.3) is 10.8 Å². The highest BCUT2D eigenvalue weighted by Crippen LogP contribution is 2.48. The van der Waals surface area contributed by atoms with Gasteiger partial charge >= 0.3 is 6.01 Å². The molecule has 0 spiro atoms. The van der Waals surface area contributed by atoms with Gasteiger partial charge in [-0.25, -0.2) is 0 Å². The number of ether oxygens (including phenoxy) is 1. The van der Waals surface area contributed by atoms with E-state index >= 15 is 0 Å². The van der Waals surface area contributed by atoms with Crippen LogP contribution in [0, 0.1) is 29.6 Å². The third kappa shape index (κ3) is 5.56. The Balaban J connectivity index is 1.24. The maximum absolute atomic E-state index is 12.6. The minimum Gasteiger partial charge on any atom is -0.463 e. The fraction of sp³-hybridized carbons (Fsp3) is 0.500. The SMILES string of the molecule is C=CC(=O)N1CCN(c2nc(OCC34CCCC3CN(C)C4)nc3c2CCN(c2cccc4cc(C)cc(Cl)c24)C3)C[C@@H]1CC#N. The largest absolute Gasteiger partial charge is 0.463 e. The van der Waals surface area contributed by atoms with E-state index in [1.165, 1.54) is 25.3 Å². The third-order valence-electron chi connectivity index (χ3n) is 10.7. The number of carbonyl (C=O) groups is 1. The quantitative estimate of drug-likeness (QED) is 0.319. The number of anilines is 2. The number of likely N-dealkylation sites (tertiary alicyclic amines) is 1. The molecule has 3 aliphatic heterocycles. The number of aromatic nitrogens is 2. The second-order valence-corrected chi connectivity index (χ2v) is 14.1. The zero-order valence-corrected chi connectivity index (χ0v) is 27.6. The fourth-order valence-electron chi connectivity index (χ4n) is 8.54. The molecule has 3 atom stereocenters. The molecule has 0 bridgehead atoms. The number of nitrogens with zero attached hydrogens (tertiary/aromatic N) is 7. The summed E-state index contributed by atoms with van der Waals surface area (Å²) in [4.78, 5) is 31.6. The van der Waals surface area contributed by atoms with Gasteiger partial charge < -0.3 is 24.3 Å². The van der Waals surface area contributed by atoms with Crippen LogP contribution in [0.2, 0.25) is 5.02 Å². The zero-order chi connectivity index (χ0) is 32.0. The van der Waals surface area contributed by atoms with Crippen LogP contribution in [-0.4, -0.2) is 84.6 Å². The van der Waals surface area contributed by atoms with Crippen molar-refractivity contribution in [3.05, 3.63) is 64.8 Å². The summed E-state index contributed by atoms with van der Waals surface area (Å²) in [5.74, 6) is 1.37. The molecule has 10 heteroatoms. The summed E-state index contributed by atoms with van der Waals surface area (Å²) in [5, 5.41) is 12.5. The predicted molar refractivity (Wildman–Crippen MR) is 181 cm³/mol. The molecule has 1 aromatic heterocycles. The summed E-state index contributed by atoms with van der Waals surface area (Å²) in [6.45, 7) is 11.6. The molecule has 2 unspecified atom stereocenters. The van der Waals surface area contributed by atoms with Gasteiger partial charge in [0.05, 0.1) is 42.4 Å². The average Bonchev–Trinajstić information content (AvgIpc) is 3.58. The van der Waals surface area contributed by atoms with Crippen LogP contribution in [0.1, 0.15) is 42.5 Å². The van der Waals surface area contributed by atoms with Crippen LogP contribution in [0.5, 0.6) is 6.01 Å². The lowest BCUT2D eigenvalue weighted by molar-refractivity contribution is -0.128. The first-order chi connectivity index (χ1) is 22.3. The number of nitriles is 1. The van der Waals surface area contributed by atoms with E-state index in [4.69, 9.17) is 26.3 Å². The van der Waals surface area contributed by atoms with Gasteiger partial charge in [0.25, 0.3) is 0 Å². The molecule has 46 heavy (non-hydrogen) atoms. The van der Waals surface area contributed by atoms with Crippen molar-refractivity contribution in [2.45, 2.75) is 51.6 Å². The van der Waals surface area contributed by atoms with Crippen LogP contribution < -0.4 is 14.5 Å². The minimum absolute atomic E-state index is 0.139. The number of halogens is 1. The van der Waals surface area contributed by atoms with Gasteiger partial charge in [-0.05, 0) is 68.3 Å². The minimum atomic E-state index is -0.243. The lowest BCUT2D eigenvalue weighted by atomic mass is 9.82. The molecular weight excluding hydrogens is 598 g/mol. The van der Waals surface area contributed by atoms with Crippen molar-refractivity contribution < 1.29 is 9.53 Å². The molecule has 3 fully saturated rings. The summed E-state index contributed by atoms with van der Waals surface area (Å²) in [7, 11) is 2.21. The topological polar surface area (TPSA) is 88.8 Å². The van der Waals surface area contributed by atoms with Gasteiger partial charge in [-0.1, -0.05) is 42.8 Å². The van der Waals surface area contributed by atoms with Crippen LogP contribution in [0.15, 0.2) is 43.0 Å². The first kappa shape index (κ1) is 30.8. The Morgan fingerprint density at radius 2 is 2.09 bits per heavy atom. The van der Waals surface area contributed by atoms with Crippen molar-refractivity contribution in [3.8, 4) is 12.1 Å². The number of piperazine rings is 1. The number of aryl methyl sites for hydroxylation is 1. The summed E-state index contributed by atoms with van der Waals surface area (Å²) < 4.78 is 6.59. The number of hydrogen-bond acceptors (Lipinski definition) is 8. The second-order valence-electron chi connectivity index (χ2n) is 13.7. The highest BCUT2D eigenvalue weighted by atomic mass is 35.5. The van der Waals surface area contributed by atoms with E-state index < -0.39 is 0 Å². The maximum Gasteiger partial charge on any atom is 0.318 e. The van der Waals surface area contributed by atoms with Crippen LogP contribution in [0.4, 0.5) is 11.5 Å². The Morgan fingerprint density at radius 3 is 2.91 bits per heavy atom. The van der Waals surface area contributed by atoms with E-state index in [1.807, 2.05) is 6.07 Å². The van der Waals surface area contributed by atoms with E-state index in [0.717, 1.165) is 70.2 Å². The van der Waals surface area contributed by atoms with Crippen molar-refractivity contribution in [1.29, 1.82) is 5.26 Å². The molecule has 3 aromatic rings. The molecular formula is C36H42ClN7O2. The van der Waals surface area contributed by atoms with E-state index in [9.17, 15) is 10.1 Å². The number of fused-ring (bicyclic) bond motifs is 3. The van der Waals surface area contributed by atoms with Crippen molar-refractivity contribution in [1.82, 2.24) is 19.8 Å². The molecule has 240 valence electrons. The Morgan fingerprint density at radius 1 is 1.22 bits per heavy atom. The highest BCUT2D eigenvalue weighted by Gasteiger charge is 2.49. The molecule has 7 rings (SSSR count). The van der Waals surface area contributed by atoms with Gasteiger partial charge in [0.2, 0.25) is 5.91 Å². The average molecular weight is 640 g/mol. The number of rotatable bonds is 7. The van der Waals surface area contributed by atoms with Gasteiger partial charge in [-0.3, -0.25) is 4.79 Å². The summed E-state index contributed by atoms with van der Waals surface area (Å²) >= 11 is 6.84. The second kappa shape index (κ2) is 12.4. The van der Waals surface area contributed by atoms with Crippen LogP contribution >= 0.6 is 11.6 Å². The first-order valence-electron chi connectivity index (χ1n) is 16.5. The number of hydrogen-bond donors (Lipinski definition) is 0. The fourth-order valence-corrected chi connectivity index (χ4v) is 8.92. The lowest BCUT2D eigenvalue weighted by Gasteiger charge is -2.42. The van der Waals surface area contributed by atoms with Gasteiger partial charge in [-0.15, -0.1) is 0 Å². The Hall–Kier alpha value is -3.87. The molecule has 9 nitrogen and oxygen atoms in total. The monoisotopic (exact) mass is 639 g/mol. The Bertz CT molecular complexity index is 1720. The molecule has 4 heterocycles. The smallest absolute Gasteiger partial charge is 0.318 e. The standard InChI is InChI=1S/C36H42ClN7O2/c1-4-32(45)44-16-15-43(20-27(44)10-13-38)34-28-11-14-42(31-9-5-7-25-17-24(2)18-29(37)33(25)31)21-30(28)39-35(40-34)46-23-36-12-6-8-26(36)19-41(3)22-36/h4-5,7,9,17-18,26-27H,1,6,8,10-12,14-16,19-23H2,2-3H3/t26?,27-,36?/m0/s1. The zero-order valence-electron chi connectivity index (χ0n) is 26.8. The van der Waals surface area contributed by atoms with E-state index in [0.29, 0.717) is 44.7 Å². The third-order valence-corrected chi connectivity index (χ3v) is 11.0. The molecule has 2 saturated heterocycles. The summed E-state index contributed by atoms with van der Waals surface area (Å²) in [5.41, 5.74) is 4.45. The van der Waals surface area contributed by atoms with Crippen LogP contribution in [-0.2, 0) is 17.8 Å². The number of amides is 1. The van der Waals surface area contributed by atoms with E-state index in [1.54, 1.807) is 4.90 Å². The van der Waals surface area contributed by atoms with Gasteiger partial charge in [0.15, 0.2) is 0 Å². The van der Waals surface area contributed by atoms with Crippen molar-refractivity contribution in [3.63, 3.8) is 0 Å². The maximum atomic E-state index is 12.6. The van der Waals surface area contributed by atoms with Gasteiger partial charge in [-0.2, -0.15) is 15.2 Å². The predicted octanol–water partition coefficient (Wildman–Crippen LogP) is 5.38. The van der Waals surface area contributed by atoms with Crippen molar-refractivity contribution in [2.24, 2.45) is 11.3 Å². The molecule has 4 aliphatic rings. The van der Waals surface area contributed by atoms with Gasteiger partial charge in [0, 0.05) is 61.3 Å². The number of benzene rings is 2. The molecule has 1 amide bonds. The van der Waals surface area contributed by atoms with Gasteiger partial charge in [0.1, 0.15) is 5.82 Å². The first-order valence-corrected chi connectivity index (χ1v) is 16.9. The molecule has 1 saturated carbocycles. The molecule has 0 N–H and O–H groups in total. The van der Waals surface area contributed by atoms with E-state index in [2.05, 4.69) is 65.6 Å². The molecule has 1 aliphatic carbocycles.